The molecule has 1 fully saturated rings. The highest BCUT2D eigenvalue weighted by atomic mass is 19.4. The van der Waals surface area contributed by atoms with Gasteiger partial charge in [0.25, 0.3) is 0 Å². The van der Waals surface area contributed by atoms with Gasteiger partial charge in [0, 0.05) is 12.6 Å². The van der Waals surface area contributed by atoms with Crippen LogP contribution in [0.1, 0.15) is 18.4 Å². The number of hydrogen-bond donors (Lipinski definition) is 1. The minimum absolute atomic E-state index is 0.0259. The number of rotatable bonds is 3. The molecule has 0 radical (unpaired) electrons. The normalized spacial score (nSPS) is 24.2. The number of halogens is 3. The van der Waals surface area contributed by atoms with Gasteiger partial charge < -0.3 is 10.1 Å². The Hall–Kier alpha value is -1.23. The summed E-state index contributed by atoms with van der Waals surface area (Å²) in [6.45, 7) is 0.0259. The van der Waals surface area contributed by atoms with Crippen molar-refractivity contribution >= 4 is 0 Å². The van der Waals surface area contributed by atoms with Crippen molar-refractivity contribution in [3.05, 3.63) is 29.8 Å². The number of alkyl halides is 3. The molecule has 2 nitrogen and oxygen atoms in total. The van der Waals surface area contributed by atoms with Gasteiger partial charge in [0.2, 0.25) is 0 Å². The van der Waals surface area contributed by atoms with Crippen LogP contribution in [0, 0.1) is 5.92 Å². The Labute approximate surface area is 111 Å². The SMILES string of the molecule is COc1cccc(CC2CCC(C(F)(F)F)CN2)c1. The maximum Gasteiger partial charge on any atom is 0.393 e. The molecule has 0 aliphatic carbocycles. The van der Waals surface area contributed by atoms with Crippen molar-refractivity contribution in [3.63, 3.8) is 0 Å². The fourth-order valence-corrected chi connectivity index (χ4v) is 2.45. The molecule has 1 heterocycles. The molecule has 1 aliphatic heterocycles. The highest BCUT2D eigenvalue weighted by Crippen LogP contribution is 2.32. The van der Waals surface area contributed by atoms with Crippen LogP contribution in [0.5, 0.6) is 5.75 Å². The summed E-state index contributed by atoms with van der Waals surface area (Å²) in [5.74, 6) is -0.421. The Kier molecular flexibility index (Phi) is 4.34. The van der Waals surface area contributed by atoms with Crippen molar-refractivity contribution in [2.75, 3.05) is 13.7 Å². The number of hydrogen-bond acceptors (Lipinski definition) is 2. The number of benzene rings is 1. The minimum atomic E-state index is -4.08. The lowest BCUT2D eigenvalue weighted by Crippen LogP contribution is -2.45. The molecule has 0 bridgehead atoms. The van der Waals surface area contributed by atoms with Crippen LogP contribution in [0.15, 0.2) is 24.3 Å². The topological polar surface area (TPSA) is 21.3 Å². The molecule has 5 heteroatoms. The van der Waals surface area contributed by atoms with Gasteiger partial charge in [0.05, 0.1) is 13.0 Å². The summed E-state index contributed by atoms with van der Waals surface area (Å²) in [5.41, 5.74) is 1.09. The van der Waals surface area contributed by atoms with E-state index in [1.165, 1.54) is 0 Å². The van der Waals surface area contributed by atoms with Crippen LogP contribution in [0.3, 0.4) is 0 Å². The van der Waals surface area contributed by atoms with Crippen LogP contribution < -0.4 is 10.1 Å². The van der Waals surface area contributed by atoms with E-state index in [0.29, 0.717) is 6.42 Å². The molecule has 1 aromatic rings. The largest absolute Gasteiger partial charge is 0.497 e. The molecule has 0 amide bonds. The van der Waals surface area contributed by atoms with E-state index in [-0.39, 0.29) is 19.0 Å². The second-order valence-electron chi connectivity index (χ2n) is 4.98. The zero-order valence-electron chi connectivity index (χ0n) is 10.8. The standard InChI is InChI=1S/C14H18F3NO/c1-19-13-4-2-3-10(8-13)7-12-6-5-11(9-18-12)14(15,16)17/h2-4,8,11-12,18H,5-7,9H2,1H3. The highest BCUT2D eigenvalue weighted by molar-refractivity contribution is 5.29. The van der Waals surface area contributed by atoms with Gasteiger partial charge in [-0.25, -0.2) is 0 Å². The maximum absolute atomic E-state index is 12.5. The third-order valence-corrected chi connectivity index (χ3v) is 3.60. The molecule has 0 saturated carbocycles. The van der Waals surface area contributed by atoms with Crippen LogP contribution in [0.25, 0.3) is 0 Å². The third-order valence-electron chi connectivity index (χ3n) is 3.60. The van der Waals surface area contributed by atoms with Gasteiger partial charge >= 0.3 is 6.18 Å². The monoisotopic (exact) mass is 273 g/mol. The van der Waals surface area contributed by atoms with Crippen molar-refractivity contribution in [1.29, 1.82) is 0 Å². The maximum atomic E-state index is 12.5. The average Bonchev–Trinajstić information content (AvgIpc) is 2.38. The summed E-state index contributed by atoms with van der Waals surface area (Å²) >= 11 is 0. The van der Waals surface area contributed by atoms with Crippen molar-refractivity contribution in [1.82, 2.24) is 5.32 Å². The summed E-state index contributed by atoms with van der Waals surface area (Å²) in [5, 5.41) is 3.00. The Morgan fingerprint density at radius 2 is 2.11 bits per heavy atom. The van der Waals surface area contributed by atoms with Gasteiger partial charge in [-0.2, -0.15) is 13.2 Å². The van der Waals surface area contributed by atoms with Gasteiger partial charge in [-0.15, -0.1) is 0 Å². The van der Waals surface area contributed by atoms with E-state index in [2.05, 4.69) is 5.32 Å². The molecular formula is C14H18F3NO. The first-order valence-electron chi connectivity index (χ1n) is 6.42. The number of piperidine rings is 1. The van der Waals surface area contributed by atoms with Gasteiger partial charge in [0.1, 0.15) is 5.75 Å². The van der Waals surface area contributed by atoms with Crippen LogP contribution in [0.4, 0.5) is 13.2 Å². The summed E-state index contributed by atoms with van der Waals surface area (Å²) in [4.78, 5) is 0. The van der Waals surface area contributed by atoms with Crippen molar-refractivity contribution < 1.29 is 17.9 Å². The zero-order valence-corrected chi connectivity index (χ0v) is 10.8. The summed E-state index contributed by atoms with van der Waals surface area (Å²) < 4.78 is 42.7. The predicted octanol–water partition coefficient (Wildman–Crippen LogP) is 3.17. The Morgan fingerprint density at radius 3 is 2.68 bits per heavy atom. The second-order valence-corrected chi connectivity index (χ2v) is 4.98. The molecule has 2 unspecified atom stereocenters. The summed E-state index contributed by atoms with van der Waals surface area (Å²) in [6, 6.07) is 7.77. The first kappa shape index (κ1) is 14.2. The first-order chi connectivity index (χ1) is 8.99. The van der Waals surface area contributed by atoms with E-state index in [4.69, 9.17) is 4.74 Å². The Bertz CT molecular complexity index is 411. The Morgan fingerprint density at radius 1 is 1.32 bits per heavy atom. The molecular weight excluding hydrogens is 255 g/mol. The van der Waals surface area contributed by atoms with E-state index >= 15 is 0 Å². The lowest BCUT2D eigenvalue weighted by molar-refractivity contribution is -0.179. The highest BCUT2D eigenvalue weighted by Gasteiger charge is 2.41. The van der Waals surface area contributed by atoms with E-state index in [0.717, 1.165) is 17.7 Å². The molecule has 1 aliphatic rings. The van der Waals surface area contributed by atoms with Crippen LogP contribution >= 0.6 is 0 Å². The number of methoxy groups -OCH3 is 1. The van der Waals surface area contributed by atoms with Crippen molar-refractivity contribution in [2.24, 2.45) is 5.92 Å². The van der Waals surface area contributed by atoms with Crippen LogP contribution in [-0.2, 0) is 6.42 Å². The molecule has 1 N–H and O–H groups in total. The average molecular weight is 273 g/mol. The van der Waals surface area contributed by atoms with Crippen molar-refractivity contribution in [3.8, 4) is 5.75 Å². The van der Waals surface area contributed by atoms with E-state index in [9.17, 15) is 13.2 Å². The lowest BCUT2D eigenvalue weighted by atomic mass is 9.91. The molecule has 1 saturated heterocycles. The minimum Gasteiger partial charge on any atom is -0.497 e. The molecule has 0 aromatic heterocycles. The summed E-state index contributed by atoms with van der Waals surface area (Å²) in [7, 11) is 1.60. The van der Waals surface area contributed by atoms with E-state index in [1.807, 2.05) is 24.3 Å². The molecule has 1 aromatic carbocycles. The van der Waals surface area contributed by atoms with Crippen LogP contribution in [-0.4, -0.2) is 25.9 Å². The number of nitrogens with one attached hydrogen (secondary N) is 1. The molecule has 2 atom stereocenters. The van der Waals surface area contributed by atoms with Gasteiger partial charge in [-0.1, -0.05) is 12.1 Å². The molecule has 106 valence electrons. The van der Waals surface area contributed by atoms with Crippen LogP contribution in [0.2, 0.25) is 0 Å². The van der Waals surface area contributed by atoms with Gasteiger partial charge in [-0.3, -0.25) is 0 Å². The van der Waals surface area contributed by atoms with Gasteiger partial charge in [-0.05, 0) is 37.0 Å². The smallest absolute Gasteiger partial charge is 0.393 e. The van der Waals surface area contributed by atoms with Crippen molar-refractivity contribution in [2.45, 2.75) is 31.5 Å². The molecule has 0 spiro atoms. The first-order valence-corrected chi connectivity index (χ1v) is 6.42. The third kappa shape index (κ3) is 3.86. The fraction of sp³-hybridized carbons (Fsp3) is 0.571. The second kappa shape index (κ2) is 5.82. The zero-order chi connectivity index (χ0) is 13.9. The van der Waals surface area contributed by atoms with E-state index < -0.39 is 12.1 Å². The molecule has 19 heavy (non-hydrogen) atoms. The van der Waals surface area contributed by atoms with Gasteiger partial charge in [0.15, 0.2) is 0 Å². The number of ether oxygens (including phenoxy) is 1. The fourth-order valence-electron chi connectivity index (χ4n) is 2.45. The quantitative estimate of drug-likeness (QED) is 0.913. The summed E-state index contributed by atoms with van der Waals surface area (Å²) in [6.07, 6.45) is -2.57. The molecule has 2 rings (SSSR count). The van der Waals surface area contributed by atoms with E-state index in [1.54, 1.807) is 7.11 Å². The predicted molar refractivity (Wildman–Crippen MR) is 67.3 cm³/mol. The Balaban J connectivity index is 1.88. The lowest BCUT2D eigenvalue weighted by Gasteiger charge is -2.31.